The Labute approximate surface area is 90.9 Å². The van der Waals surface area contributed by atoms with Crippen LogP contribution in [0, 0.1) is 13.8 Å². The molecule has 0 spiro atoms. The first-order valence-electron chi connectivity index (χ1n) is 5.21. The van der Waals surface area contributed by atoms with Crippen molar-refractivity contribution in [1.29, 1.82) is 0 Å². The van der Waals surface area contributed by atoms with Gasteiger partial charge in [0.15, 0.2) is 0 Å². The van der Waals surface area contributed by atoms with Crippen molar-refractivity contribution in [1.82, 2.24) is 5.32 Å². The Morgan fingerprint density at radius 1 is 1.27 bits per heavy atom. The Balaban J connectivity index is 2.57. The van der Waals surface area contributed by atoms with Crippen LogP contribution in [0.4, 0.5) is 5.69 Å². The highest BCUT2D eigenvalue weighted by molar-refractivity contribution is 5.92. The molecule has 0 aliphatic heterocycles. The van der Waals surface area contributed by atoms with E-state index in [0.717, 1.165) is 12.2 Å². The van der Waals surface area contributed by atoms with Crippen LogP contribution < -0.4 is 10.6 Å². The molecular formula is C12H18N2O. The second-order valence-corrected chi connectivity index (χ2v) is 3.63. The van der Waals surface area contributed by atoms with Crippen LogP contribution in [0.1, 0.15) is 18.1 Å². The number of carbonyl (C=O) groups excluding carboxylic acids is 1. The zero-order chi connectivity index (χ0) is 11.3. The highest BCUT2D eigenvalue weighted by atomic mass is 16.1. The lowest BCUT2D eigenvalue weighted by Crippen LogP contribution is -2.27. The number of anilines is 1. The van der Waals surface area contributed by atoms with E-state index >= 15 is 0 Å². The van der Waals surface area contributed by atoms with E-state index < -0.39 is 0 Å². The summed E-state index contributed by atoms with van der Waals surface area (Å²) in [5.74, 6) is 0.0000954. The molecule has 0 aromatic heterocycles. The van der Waals surface area contributed by atoms with E-state index in [-0.39, 0.29) is 5.91 Å². The van der Waals surface area contributed by atoms with E-state index in [4.69, 9.17) is 0 Å². The lowest BCUT2D eigenvalue weighted by atomic mass is 10.1. The van der Waals surface area contributed by atoms with Crippen LogP contribution in [0.3, 0.4) is 0 Å². The summed E-state index contributed by atoms with van der Waals surface area (Å²) in [5, 5.41) is 5.83. The van der Waals surface area contributed by atoms with Gasteiger partial charge in [0, 0.05) is 5.69 Å². The van der Waals surface area contributed by atoms with E-state index in [1.807, 2.05) is 32.0 Å². The quantitative estimate of drug-likeness (QED) is 0.789. The van der Waals surface area contributed by atoms with Gasteiger partial charge < -0.3 is 10.6 Å². The third kappa shape index (κ3) is 3.72. The lowest BCUT2D eigenvalue weighted by Gasteiger charge is -2.07. The minimum absolute atomic E-state index is 0.0000954. The Morgan fingerprint density at radius 2 is 2.00 bits per heavy atom. The molecule has 1 rings (SSSR count). The van der Waals surface area contributed by atoms with Gasteiger partial charge in [-0.3, -0.25) is 4.79 Å². The zero-order valence-corrected chi connectivity index (χ0v) is 9.55. The molecule has 1 aromatic carbocycles. The number of amides is 1. The van der Waals surface area contributed by atoms with E-state index in [1.165, 1.54) is 11.1 Å². The van der Waals surface area contributed by atoms with Gasteiger partial charge in [0.05, 0.1) is 6.54 Å². The second kappa shape index (κ2) is 5.51. The van der Waals surface area contributed by atoms with Crippen molar-refractivity contribution in [2.75, 3.05) is 18.4 Å². The SMILES string of the molecule is CCNCC(=O)Nc1ccc(C)c(C)c1. The van der Waals surface area contributed by atoms with Crippen molar-refractivity contribution >= 4 is 11.6 Å². The van der Waals surface area contributed by atoms with Crippen molar-refractivity contribution in [3.8, 4) is 0 Å². The van der Waals surface area contributed by atoms with Gasteiger partial charge in [0.1, 0.15) is 0 Å². The van der Waals surface area contributed by atoms with E-state index in [0.29, 0.717) is 6.54 Å². The molecule has 1 amide bonds. The number of hydrogen-bond donors (Lipinski definition) is 2. The van der Waals surface area contributed by atoms with E-state index in [2.05, 4.69) is 17.6 Å². The molecule has 0 fully saturated rings. The number of aryl methyl sites for hydroxylation is 2. The Hall–Kier alpha value is -1.35. The number of likely N-dealkylation sites (N-methyl/N-ethyl adjacent to an activating group) is 1. The predicted octanol–water partition coefficient (Wildman–Crippen LogP) is 1.85. The maximum atomic E-state index is 11.4. The number of carbonyl (C=O) groups is 1. The van der Waals surface area contributed by atoms with Gasteiger partial charge in [-0.1, -0.05) is 13.0 Å². The maximum absolute atomic E-state index is 11.4. The molecular weight excluding hydrogens is 188 g/mol. The van der Waals surface area contributed by atoms with Gasteiger partial charge in [-0.05, 0) is 43.7 Å². The van der Waals surface area contributed by atoms with Gasteiger partial charge in [0.25, 0.3) is 0 Å². The summed E-state index contributed by atoms with van der Waals surface area (Å²) < 4.78 is 0. The molecule has 0 aliphatic rings. The number of rotatable bonds is 4. The van der Waals surface area contributed by atoms with Crippen LogP contribution >= 0.6 is 0 Å². The molecule has 0 bridgehead atoms. The third-order valence-corrected chi connectivity index (χ3v) is 2.33. The first-order chi connectivity index (χ1) is 7.13. The first kappa shape index (κ1) is 11.7. The normalized spacial score (nSPS) is 10.1. The summed E-state index contributed by atoms with van der Waals surface area (Å²) in [6.45, 7) is 7.24. The highest BCUT2D eigenvalue weighted by Crippen LogP contribution is 2.13. The molecule has 2 N–H and O–H groups in total. The van der Waals surface area contributed by atoms with Crippen LogP contribution in [0.5, 0.6) is 0 Å². The molecule has 3 heteroatoms. The van der Waals surface area contributed by atoms with Crippen molar-refractivity contribution in [2.24, 2.45) is 0 Å². The molecule has 0 heterocycles. The topological polar surface area (TPSA) is 41.1 Å². The fourth-order valence-corrected chi connectivity index (χ4v) is 1.26. The van der Waals surface area contributed by atoms with Gasteiger partial charge in [-0.15, -0.1) is 0 Å². The van der Waals surface area contributed by atoms with Crippen molar-refractivity contribution < 1.29 is 4.79 Å². The largest absolute Gasteiger partial charge is 0.325 e. The third-order valence-electron chi connectivity index (χ3n) is 2.33. The van der Waals surface area contributed by atoms with Crippen LogP contribution in [0.2, 0.25) is 0 Å². The van der Waals surface area contributed by atoms with Crippen LogP contribution in [0.25, 0.3) is 0 Å². The predicted molar refractivity (Wildman–Crippen MR) is 63.1 cm³/mol. The molecule has 0 saturated carbocycles. The minimum atomic E-state index is 0.0000954. The molecule has 0 unspecified atom stereocenters. The molecule has 0 atom stereocenters. The summed E-state index contributed by atoms with van der Waals surface area (Å²) in [6, 6.07) is 5.92. The standard InChI is InChI=1S/C12H18N2O/c1-4-13-8-12(15)14-11-6-5-9(2)10(3)7-11/h5-7,13H,4,8H2,1-3H3,(H,14,15). The number of benzene rings is 1. The van der Waals surface area contributed by atoms with Gasteiger partial charge in [0.2, 0.25) is 5.91 Å². The van der Waals surface area contributed by atoms with Crippen LogP contribution in [-0.2, 0) is 4.79 Å². The van der Waals surface area contributed by atoms with Crippen LogP contribution in [0.15, 0.2) is 18.2 Å². The molecule has 82 valence electrons. The summed E-state index contributed by atoms with van der Waals surface area (Å²) >= 11 is 0. The Bertz CT molecular complexity index is 347. The fourth-order valence-electron chi connectivity index (χ4n) is 1.26. The summed E-state index contributed by atoms with van der Waals surface area (Å²) in [7, 11) is 0. The fraction of sp³-hybridized carbons (Fsp3) is 0.417. The molecule has 15 heavy (non-hydrogen) atoms. The minimum Gasteiger partial charge on any atom is -0.325 e. The zero-order valence-electron chi connectivity index (χ0n) is 9.55. The van der Waals surface area contributed by atoms with Crippen LogP contribution in [-0.4, -0.2) is 19.0 Å². The van der Waals surface area contributed by atoms with Crippen molar-refractivity contribution in [2.45, 2.75) is 20.8 Å². The summed E-state index contributed by atoms with van der Waals surface area (Å²) in [6.07, 6.45) is 0. The molecule has 0 saturated heterocycles. The van der Waals surface area contributed by atoms with E-state index in [1.54, 1.807) is 0 Å². The monoisotopic (exact) mass is 206 g/mol. The average Bonchev–Trinajstić information content (AvgIpc) is 2.20. The Kier molecular flexibility index (Phi) is 4.31. The molecule has 3 nitrogen and oxygen atoms in total. The van der Waals surface area contributed by atoms with Gasteiger partial charge >= 0.3 is 0 Å². The Morgan fingerprint density at radius 3 is 2.60 bits per heavy atom. The molecule has 1 aromatic rings. The first-order valence-corrected chi connectivity index (χ1v) is 5.21. The van der Waals surface area contributed by atoms with E-state index in [9.17, 15) is 4.79 Å². The maximum Gasteiger partial charge on any atom is 0.238 e. The summed E-state index contributed by atoms with van der Waals surface area (Å²) in [5.41, 5.74) is 3.29. The smallest absolute Gasteiger partial charge is 0.238 e. The van der Waals surface area contributed by atoms with Crippen molar-refractivity contribution in [3.05, 3.63) is 29.3 Å². The highest BCUT2D eigenvalue weighted by Gasteiger charge is 2.01. The second-order valence-electron chi connectivity index (χ2n) is 3.63. The number of hydrogen-bond acceptors (Lipinski definition) is 2. The average molecular weight is 206 g/mol. The van der Waals surface area contributed by atoms with Gasteiger partial charge in [-0.25, -0.2) is 0 Å². The molecule has 0 radical (unpaired) electrons. The lowest BCUT2D eigenvalue weighted by molar-refractivity contribution is -0.115. The summed E-state index contributed by atoms with van der Waals surface area (Å²) in [4.78, 5) is 11.4. The van der Waals surface area contributed by atoms with Crippen molar-refractivity contribution in [3.63, 3.8) is 0 Å². The molecule has 0 aliphatic carbocycles. The van der Waals surface area contributed by atoms with Gasteiger partial charge in [-0.2, -0.15) is 0 Å². The number of nitrogens with one attached hydrogen (secondary N) is 2.